The molecular formula is C62H68N4O. The fourth-order valence-electron chi connectivity index (χ4n) is 9.64. The number of hydrogen-bond acceptors (Lipinski definition) is 4. The maximum atomic E-state index is 7.02. The maximum Gasteiger partial charge on any atom is 0.137 e. The highest BCUT2D eigenvalue weighted by Gasteiger charge is 2.35. The van der Waals surface area contributed by atoms with Crippen LogP contribution in [0.1, 0.15) is 123 Å². The van der Waals surface area contributed by atoms with E-state index in [1.807, 2.05) is 6.20 Å². The summed E-state index contributed by atoms with van der Waals surface area (Å²) in [5.74, 6) is 2.49. The molecule has 342 valence electrons. The zero-order chi connectivity index (χ0) is 47.7. The lowest BCUT2D eigenvalue weighted by molar-refractivity contribution is 0.477. The molecule has 0 amide bonds. The van der Waals surface area contributed by atoms with E-state index in [0.717, 1.165) is 34.0 Å². The van der Waals surface area contributed by atoms with E-state index in [4.69, 9.17) is 9.72 Å². The van der Waals surface area contributed by atoms with Gasteiger partial charge in [0.25, 0.3) is 0 Å². The second-order valence-electron chi connectivity index (χ2n) is 22.8. The first kappa shape index (κ1) is 45.6. The molecule has 0 aliphatic carbocycles. The molecule has 5 heteroatoms. The molecule has 0 atom stereocenters. The Morgan fingerprint density at radius 2 is 1.00 bits per heavy atom. The van der Waals surface area contributed by atoms with E-state index in [2.05, 4.69) is 262 Å². The molecule has 1 aliphatic rings. The summed E-state index contributed by atoms with van der Waals surface area (Å²) in [5, 5.41) is 2.35. The van der Waals surface area contributed by atoms with Crippen molar-refractivity contribution in [2.45, 2.75) is 112 Å². The molecule has 3 heterocycles. The largest absolute Gasteiger partial charge is 0.457 e. The molecule has 0 radical (unpaired) electrons. The van der Waals surface area contributed by atoms with Crippen molar-refractivity contribution in [3.8, 4) is 17.3 Å². The van der Waals surface area contributed by atoms with Crippen molar-refractivity contribution in [1.82, 2.24) is 9.55 Å². The fraction of sp³-hybridized carbons (Fsp3) is 0.306. The molecule has 2 aromatic heterocycles. The highest BCUT2D eigenvalue weighted by molar-refractivity contribution is 6.09. The summed E-state index contributed by atoms with van der Waals surface area (Å²) in [6, 6.07) is 55.4. The van der Waals surface area contributed by atoms with Gasteiger partial charge in [-0.05, 0) is 98.8 Å². The minimum absolute atomic E-state index is 0.0134. The second-order valence-corrected chi connectivity index (χ2v) is 22.8. The minimum atomic E-state index is -0.230. The van der Waals surface area contributed by atoms with Crippen LogP contribution >= 0.6 is 0 Å². The van der Waals surface area contributed by atoms with Gasteiger partial charge in [-0.3, -0.25) is 4.57 Å². The van der Waals surface area contributed by atoms with Crippen LogP contribution < -0.4 is 14.5 Å². The lowest BCUT2D eigenvalue weighted by atomic mass is 9.73. The molecule has 0 saturated heterocycles. The van der Waals surface area contributed by atoms with Crippen molar-refractivity contribution >= 4 is 33.2 Å². The number of hydrogen-bond donors (Lipinski definition) is 0. The summed E-state index contributed by atoms with van der Waals surface area (Å²) in [7, 11) is 0. The Morgan fingerprint density at radius 3 is 1.60 bits per heavy atom. The zero-order valence-corrected chi connectivity index (χ0v) is 42.0. The Hall–Kier alpha value is -6.59. The fourth-order valence-corrected chi connectivity index (χ4v) is 9.64. The van der Waals surface area contributed by atoms with Gasteiger partial charge < -0.3 is 14.5 Å². The molecule has 9 rings (SSSR count). The van der Waals surface area contributed by atoms with Crippen molar-refractivity contribution in [1.29, 1.82) is 0 Å². The first-order chi connectivity index (χ1) is 31.6. The minimum Gasteiger partial charge on any atom is -0.457 e. The van der Waals surface area contributed by atoms with Gasteiger partial charge >= 0.3 is 0 Å². The molecule has 8 aromatic rings. The number of rotatable bonds is 9. The topological polar surface area (TPSA) is 33.5 Å². The predicted molar refractivity (Wildman–Crippen MR) is 283 cm³/mol. The van der Waals surface area contributed by atoms with Crippen LogP contribution in [0.4, 0.5) is 11.4 Å². The van der Waals surface area contributed by atoms with Gasteiger partial charge in [0.15, 0.2) is 0 Å². The van der Waals surface area contributed by atoms with E-state index in [1.165, 1.54) is 55.5 Å². The van der Waals surface area contributed by atoms with Gasteiger partial charge in [0.1, 0.15) is 17.3 Å². The van der Waals surface area contributed by atoms with E-state index < -0.39 is 0 Å². The monoisotopic (exact) mass is 885 g/mol. The van der Waals surface area contributed by atoms with E-state index >= 15 is 0 Å². The van der Waals surface area contributed by atoms with Crippen molar-refractivity contribution < 1.29 is 4.74 Å². The molecule has 0 bridgehead atoms. The second kappa shape index (κ2) is 16.6. The summed E-state index contributed by atoms with van der Waals surface area (Å²) in [6.45, 7) is 30.6. The quantitative estimate of drug-likeness (QED) is 0.145. The molecule has 0 spiro atoms. The van der Waals surface area contributed by atoms with Gasteiger partial charge in [-0.15, -0.1) is 0 Å². The smallest absolute Gasteiger partial charge is 0.137 e. The van der Waals surface area contributed by atoms with Crippen molar-refractivity contribution in [2.75, 3.05) is 16.5 Å². The zero-order valence-electron chi connectivity index (χ0n) is 42.0. The highest BCUT2D eigenvalue weighted by Crippen LogP contribution is 2.45. The summed E-state index contributed by atoms with van der Waals surface area (Å²) >= 11 is 0. The molecule has 1 aliphatic heterocycles. The summed E-state index contributed by atoms with van der Waals surface area (Å²) in [4.78, 5) is 9.87. The van der Waals surface area contributed by atoms with Gasteiger partial charge in [0.2, 0.25) is 0 Å². The summed E-state index contributed by atoms with van der Waals surface area (Å²) in [5.41, 5.74) is 12.6. The molecule has 0 N–H and O–H groups in total. The molecule has 5 nitrogen and oxygen atoms in total. The van der Waals surface area contributed by atoms with Crippen LogP contribution in [0.15, 0.2) is 170 Å². The summed E-state index contributed by atoms with van der Waals surface area (Å²) in [6.07, 6.45) is 4.32. The van der Waals surface area contributed by atoms with E-state index in [9.17, 15) is 0 Å². The average molecular weight is 885 g/mol. The van der Waals surface area contributed by atoms with Gasteiger partial charge in [-0.25, -0.2) is 4.98 Å². The standard InChI is InChI=1S/C62H68N4O/c1-58(2,3)44-30-31-63-57(37-44)66-54-27-21-20-26-52(54)53-29-28-50(39-55(53)66)67-51-36-45(59(4,5)6)33-49(38-51)65-41-64(40-56(65)60(7,8)9)48-34-46(61(10,11)42-22-16-14-17-23-42)32-47(35-48)62(12,13)43-24-18-15-19-25-43/h14-40H,41H2,1-13H3. The molecular weight excluding hydrogens is 817 g/mol. The Kier molecular flexibility index (Phi) is 11.3. The molecule has 0 fully saturated rings. The third-order valence-electron chi connectivity index (χ3n) is 14.1. The Morgan fingerprint density at radius 1 is 0.433 bits per heavy atom. The van der Waals surface area contributed by atoms with Gasteiger partial charge in [-0.1, -0.05) is 175 Å². The van der Waals surface area contributed by atoms with Crippen LogP contribution in [0.5, 0.6) is 11.5 Å². The number of aromatic nitrogens is 2. The maximum absolute atomic E-state index is 7.02. The SMILES string of the molecule is CC(C)(C)C1=CN(c2cc(C(C)(C)c3ccccc3)cc(C(C)(C)c3ccccc3)c2)CN1c1cc(Oc2ccc3c4ccccc4n(-c4cc(C(C)(C)C)ccn4)c3c2)cc(C(C)(C)C)c1. The molecule has 6 aromatic carbocycles. The lowest BCUT2D eigenvalue weighted by Gasteiger charge is -2.34. The number of benzene rings is 6. The molecule has 67 heavy (non-hydrogen) atoms. The van der Waals surface area contributed by atoms with Crippen LogP contribution in [0.3, 0.4) is 0 Å². The van der Waals surface area contributed by atoms with E-state index in [0.29, 0.717) is 6.67 Å². The number of nitrogens with zero attached hydrogens (tertiary/aromatic N) is 4. The Bertz CT molecular complexity index is 3060. The number of ether oxygens (including phenoxy) is 1. The van der Waals surface area contributed by atoms with Crippen LogP contribution in [0.2, 0.25) is 0 Å². The van der Waals surface area contributed by atoms with Crippen molar-refractivity contribution in [3.05, 3.63) is 203 Å². The highest BCUT2D eigenvalue weighted by atomic mass is 16.5. The van der Waals surface area contributed by atoms with Crippen molar-refractivity contribution in [3.63, 3.8) is 0 Å². The first-order valence-electron chi connectivity index (χ1n) is 24.0. The van der Waals surface area contributed by atoms with E-state index in [-0.39, 0.29) is 27.1 Å². The average Bonchev–Trinajstić information content (AvgIpc) is 3.90. The Labute approximate surface area is 399 Å². The van der Waals surface area contributed by atoms with Gasteiger partial charge in [-0.2, -0.15) is 0 Å². The number of fused-ring (bicyclic) bond motifs is 3. The number of pyridine rings is 1. The predicted octanol–water partition coefficient (Wildman–Crippen LogP) is 16.4. The van der Waals surface area contributed by atoms with Gasteiger partial charge in [0.05, 0.1) is 17.7 Å². The first-order valence-corrected chi connectivity index (χ1v) is 24.0. The lowest BCUT2D eigenvalue weighted by Crippen LogP contribution is -2.31. The van der Waals surface area contributed by atoms with Crippen LogP contribution in [0.25, 0.3) is 27.6 Å². The third kappa shape index (κ3) is 8.77. The third-order valence-corrected chi connectivity index (χ3v) is 14.1. The van der Waals surface area contributed by atoms with Crippen LogP contribution in [0, 0.1) is 5.41 Å². The number of allylic oxidation sites excluding steroid dienone is 1. The molecule has 0 unspecified atom stereocenters. The van der Waals surface area contributed by atoms with Crippen LogP contribution in [-0.2, 0) is 21.7 Å². The normalized spacial score (nSPS) is 14.0. The number of anilines is 2. The van der Waals surface area contributed by atoms with E-state index in [1.54, 1.807) is 0 Å². The molecule has 0 saturated carbocycles. The van der Waals surface area contributed by atoms with Crippen molar-refractivity contribution in [2.24, 2.45) is 5.41 Å². The Balaban J connectivity index is 1.13. The number of para-hydroxylation sites is 1. The van der Waals surface area contributed by atoms with Crippen LogP contribution in [-0.4, -0.2) is 16.2 Å². The summed E-state index contributed by atoms with van der Waals surface area (Å²) < 4.78 is 9.30. The van der Waals surface area contributed by atoms with Gasteiger partial charge in [0, 0.05) is 68.6 Å².